The van der Waals surface area contributed by atoms with Crippen LogP contribution in [0.15, 0.2) is 0 Å². The molecule has 0 fully saturated rings. The Morgan fingerprint density at radius 2 is 0.643 bits per heavy atom. The zero-order valence-electron chi connectivity index (χ0n) is 20.6. The van der Waals surface area contributed by atoms with E-state index in [0.29, 0.717) is 0 Å². The molecule has 1 heteroatoms. The van der Waals surface area contributed by atoms with Gasteiger partial charge >= 0.3 is 0 Å². The van der Waals surface area contributed by atoms with Crippen molar-refractivity contribution in [1.82, 2.24) is 4.90 Å². The van der Waals surface area contributed by atoms with Gasteiger partial charge in [-0.1, -0.05) is 142 Å². The van der Waals surface area contributed by atoms with Gasteiger partial charge in [0, 0.05) is 6.04 Å². The highest BCUT2D eigenvalue weighted by molar-refractivity contribution is 4.67. The average molecular weight is 396 g/mol. The molecule has 0 atom stereocenters. The Bertz CT molecular complexity index is 249. The Morgan fingerprint density at radius 1 is 0.393 bits per heavy atom. The third-order valence-electron chi connectivity index (χ3n) is 6.51. The summed E-state index contributed by atoms with van der Waals surface area (Å²) < 4.78 is 0. The van der Waals surface area contributed by atoms with Gasteiger partial charge in [0.05, 0.1) is 0 Å². The van der Waals surface area contributed by atoms with Crippen LogP contribution in [0, 0.1) is 0 Å². The zero-order valence-corrected chi connectivity index (χ0v) is 20.6. The van der Waals surface area contributed by atoms with E-state index < -0.39 is 0 Å². The van der Waals surface area contributed by atoms with E-state index in [2.05, 4.69) is 32.8 Å². The number of hydrogen-bond donors (Lipinski definition) is 0. The van der Waals surface area contributed by atoms with Crippen molar-refractivity contribution in [3.05, 3.63) is 0 Å². The Kier molecular flexibility index (Phi) is 23.2. The molecule has 0 rings (SSSR count). The SMILES string of the molecule is CCCCCCCCCCCCC(CCCCCCCCCCCC)N(C)C. The second-order valence-electron chi connectivity index (χ2n) is 9.56. The van der Waals surface area contributed by atoms with Crippen LogP contribution in [-0.2, 0) is 0 Å². The molecule has 0 aromatic heterocycles. The van der Waals surface area contributed by atoms with Gasteiger partial charge < -0.3 is 4.90 Å². The Balaban J connectivity index is 3.44. The molecule has 0 spiro atoms. The molecule has 0 N–H and O–H groups in total. The predicted molar refractivity (Wildman–Crippen MR) is 130 cm³/mol. The molecule has 1 nitrogen and oxygen atoms in total. The monoisotopic (exact) mass is 395 g/mol. The predicted octanol–water partition coefficient (Wildman–Crippen LogP) is 9.54. The van der Waals surface area contributed by atoms with Gasteiger partial charge in [-0.05, 0) is 26.9 Å². The summed E-state index contributed by atoms with van der Waals surface area (Å²) in [6, 6.07) is 0.822. The molecule has 0 amide bonds. The van der Waals surface area contributed by atoms with E-state index >= 15 is 0 Å². The summed E-state index contributed by atoms with van der Waals surface area (Å²) in [6.07, 6.45) is 31.8. The summed E-state index contributed by atoms with van der Waals surface area (Å²) in [4.78, 5) is 2.49. The molecule has 0 aliphatic carbocycles. The van der Waals surface area contributed by atoms with Gasteiger partial charge in [0.15, 0.2) is 0 Å². The van der Waals surface area contributed by atoms with Crippen LogP contribution >= 0.6 is 0 Å². The van der Waals surface area contributed by atoms with Gasteiger partial charge in [0.2, 0.25) is 0 Å². The molecule has 28 heavy (non-hydrogen) atoms. The van der Waals surface area contributed by atoms with Crippen LogP contribution in [0.25, 0.3) is 0 Å². The topological polar surface area (TPSA) is 3.24 Å². The first-order valence-electron chi connectivity index (χ1n) is 13.4. The standard InChI is InChI=1S/C27H57N/c1-5-7-9-11-13-15-17-19-21-23-25-27(28(3)4)26-24-22-20-18-16-14-12-10-8-6-2/h27H,5-26H2,1-4H3. The molecule has 0 aromatic carbocycles. The normalized spacial score (nSPS) is 11.8. The molecular formula is C27H57N. The summed E-state index contributed by atoms with van der Waals surface area (Å²) in [5.74, 6) is 0. The maximum absolute atomic E-state index is 2.49. The van der Waals surface area contributed by atoms with Gasteiger partial charge in [0.1, 0.15) is 0 Å². The minimum Gasteiger partial charge on any atom is -0.306 e. The molecule has 0 bridgehead atoms. The second kappa shape index (κ2) is 23.2. The number of unbranched alkanes of at least 4 members (excludes halogenated alkanes) is 18. The van der Waals surface area contributed by atoms with Crippen molar-refractivity contribution in [2.24, 2.45) is 0 Å². The highest BCUT2D eigenvalue weighted by Gasteiger charge is 2.10. The first kappa shape index (κ1) is 28.0. The first-order chi connectivity index (χ1) is 13.7. The Morgan fingerprint density at radius 3 is 0.893 bits per heavy atom. The first-order valence-corrected chi connectivity index (χ1v) is 13.4. The van der Waals surface area contributed by atoms with Gasteiger partial charge in [-0.3, -0.25) is 0 Å². The van der Waals surface area contributed by atoms with Crippen molar-refractivity contribution in [1.29, 1.82) is 0 Å². The van der Waals surface area contributed by atoms with Crippen molar-refractivity contribution in [2.45, 2.75) is 161 Å². The largest absolute Gasteiger partial charge is 0.306 e. The lowest BCUT2D eigenvalue weighted by molar-refractivity contribution is 0.251. The van der Waals surface area contributed by atoms with E-state index in [1.54, 1.807) is 0 Å². The van der Waals surface area contributed by atoms with Crippen molar-refractivity contribution < 1.29 is 0 Å². The third-order valence-corrected chi connectivity index (χ3v) is 6.51. The fraction of sp³-hybridized carbons (Fsp3) is 1.00. The quantitative estimate of drug-likeness (QED) is 0.156. The van der Waals surface area contributed by atoms with E-state index in [1.165, 1.54) is 141 Å². The molecule has 0 heterocycles. The van der Waals surface area contributed by atoms with Crippen molar-refractivity contribution >= 4 is 0 Å². The third kappa shape index (κ3) is 20.7. The van der Waals surface area contributed by atoms with Gasteiger partial charge in [0.25, 0.3) is 0 Å². The Labute approximate surface area is 180 Å². The van der Waals surface area contributed by atoms with Crippen LogP contribution < -0.4 is 0 Å². The van der Waals surface area contributed by atoms with E-state index in [1.807, 2.05) is 0 Å². The van der Waals surface area contributed by atoms with E-state index in [4.69, 9.17) is 0 Å². The van der Waals surface area contributed by atoms with Gasteiger partial charge in [-0.25, -0.2) is 0 Å². The summed E-state index contributed by atoms with van der Waals surface area (Å²) in [5, 5.41) is 0. The number of rotatable bonds is 23. The van der Waals surface area contributed by atoms with Gasteiger partial charge in [-0.2, -0.15) is 0 Å². The summed E-state index contributed by atoms with van der Waals surface area (Å²) in [6.45, 7) is 4.61. The molecule has 0 aliphatic rings. The smallest absolute Gasteiger partial charge is 0.00891 e. The van der Waals surface area contributed by atoms with Crippen LogP contribution in [0.2, 0.25) is 0 Å². The average Bonchev–Trinajstić information content (AvgIpc) is 2.68. The Hall–Kier alpha value is -0.0400. The maximum Gasteiger partial charge on any atom is 0.00891 e. The molecule has 0 radical (unpaired) electrons. The van der Waals surface area contributed by atoms with Crippen LogP contribution in [0.3, 0.4) is 0 Å². The number of hydrogen-bond acceptors (Lipinski definition) is 1. The highest BCUT2D eigenvalue weighted by atomic mass is 15.1. The fourth-order valence-corrected chi connectivity index (χ4v) is 4.40. The van der Waals surface area contributed by atoms with Crippen LogP contribution in [0.1, 0.15) is 155 Å². The van der Waals surface area contributed by atoms with E-state index in [0.717, 1.165) is 6.04 Å². The summed E-state index contributed by atoms with van der Waals surface area (Å²) in [5.41, 5.74) is 0. The summed E-state index contributed by atoms with van der Waals surface area (Å²) in [7, 11) is 4.58. The van der Waals surface area contributed by atoms with Crippen molar-refractivity contribution in [3.8, 4) is 0 Å². The number of nitrogens with zero attached hydrogens (tertiary/aromatic N) is 1. The molecule has 170 valence electrons. The molecule has 0 saturated carbocycles. The highest BCUT2D eigenvalue weighted by Crippen LogP contribution is 2.18. The molecule has 0 aliphatic heterocycles. The molecule has 0 saturated heterocycles. The van der Waals surface area contributed by atoms with E-state index in [9.17, 15) is 0 Å². The lowest BCUT2D eigenvalue weighted by atomic mass is 9.99. The molecular weight excluding hydrogens is 338 g/mol. The fourth-order valence-electron chi connectivity index (χ4n) is 4.40. The molecule has 0 aromatic rings. The van der Waals surface area contributed by atoms with E-state index in [-0.39, 0.29) is 0 Å². The van der Waals surface area contributed by atoms with Crippen LogP contribution in [0.4, 0.5) is 0 Å². The lowest BCUT2D eigenvalue weighted by Gasteiger charge is -2.24. The minimum absolute atomic E-state index is 0.822. The maximum atomic E-state index is 2.49. The molecule has 0 unspecified atom stereocenters. The lowest BCUT2D eigenvalue weighted by Crippen LogP contribution is -2.27. The van der Waals surface area contributed by atoms with Crippen molar-refractivity contribution in [2.75, 3.05) is 14.1 Å². The summed E-state index contributed by atoms with van der Waals surface area (Å²) >= 11 is 0. The van der Waals surface area contributed by atoms with Crippen LogP contribution in [-0.4, -0.2) is 25.0 Å². The zero-order chi connectivity index (χ0) is 20.7. The van der Waals surface area contributed by atoms with Gasteiger partial charge in [-0.15, -0.1) is 0 Å². The van der Waals surface area contributed by atoms with Crippen LogP contribution in [0.5, 0.6) is 0 Å². The minimum atomic E-state index is 0.822. The van der Waals surface area contributed by atoms with Crippen molar-refractivity contribution in [3.63, 3.8) is 0 Å². The second-order valence-corrected chi connectivity index (χ2v) is 9.56.